The summed E-state index contributed by atoms with van der Waals surface area (Å²) >= 11 is 0. The van der Waals surface area contributed by atoms with Crippen LogP contribution in [0.4, 0.5) is 5.95 Å². The predicted octanol–water partition coefficient (Wildman–Crippen LogP) is 0.240. The number of rotatable bonds is 10. The molecule has 12 nitrogen and oxygen atoms in total. The molecule has 1 aromatic carbocycles. The van der Waals surface area contributed by atoms with Crippen LogP contribution in [-0.4, -0.2) is 92.2 Å². The second-order valence-electron chi connectivity index (χ2n) is 8.98. The van der Waals surface area contributed by atoms with Crippen LogP contribution in [-0.2, 0) is 14.8 Å². The van der Waals surface area contributed by atoms with Crippen LogP contribution in [0.2, 0.25) is 0 Å². The van der Waals surface area contributed by atoms with E-state index in [2.05, 4.69) is 20.0 Å². The quantitative estimate of drug-likeness (QED) is 0.339. The lowest BCUT2D eigenvalue weighted by atomic mass is 9.87. The number of nitrogens with one attached hydrogen (secondary N) is 2. The highest BCUT2D eigenvalue weighted by atomic mass is 32.2. The molecule has 2 aliphatic heterocycles. The minimum Gasteiger partial charge on any atom is -0.491 e. The van der Waals surface area contributed by atoms with Gasteiger partial charge < -0.3 is 29.9 Å². The van der Waals surface area contributed by atoms with Crippen molar-refractivity contribution >= 4 is 21.9 Å². The Hall–Kier alpha value is -2.84. The Morgan fingerprint density at radius 1 is 1.33 bits per heavy atom. The summed E-state index contributed by atoms with van der Waals surface area (Å²) in [5.41, 5.74) is -0.292. The average molecular weight is 522 g/mol. The molecule has 36 heavy (non-hydrogen) atoms. The number of ether oxygens (including phenoxy) is 2. The van der Waals surface area contributed by atoms with Crippen molar-refractivity contribution in [3.05, 3.63) is 42.2 Å². The third-order valence-corrected chi connectivity index (χ3v) is 7.91. The summed E-state index contributed by atoms with van der Waals surface area (Å²) in [5, 5.41) is 22.8. The van der Waals surface area contributed by atoms with Crippen molar-refractivity contribution in [1.82, 2.24) is 20.0 Å². The van der Waals surface area contributed by atoms with E-state index < -0.39 is 22.1 Å². The Bertz CT molecular complexity index is 1170. The van der Waals surface area contributed by atoms with Gasteiger partial charge in [-0.05, 0) is 44.5 Å². The van der Waals surface area contributed by atoms with Crippen molar-refractivity contribution in [1.29, 1.82) is 0 Å². The first-order chi connectivity index (χ1) is 17.2. The van der Waals surface area contributed by atoms with E-state index in [-0.39, 0.29) is 28.8 Å². The number of nitrogens with zero attached hydrogens (tertiary/aromatic N) is 3. The van der Waals surface area contributed by atoms with Crippen LogP contribution in [0.3, 0.4) is 0 Å². The average Bonchev–Trinajstić information content (AvgIpc) is 3.29. The van der Waals surface area contributed by atoms with Crippen LogP contribution in [0.5, 0.6) is 5.75 Å². The molecule has 2 aromatic rings. The molecule has 3 heterocycles. The van der Waals surface area contributed by atoms with Crippen LogP contribution in [0.15, 0.2) is 41.4 Å². The van der Waals surface area contributed by atoms with E-state index in [0.717, 1.165) is 19.3 Å². The monoisotopic (exact) mass is 521 g/mol. The van der Waals surface area contributed by atoms with Gasteiger partial charge in [0.2, 0.25) is 16.0 Å². The highest BCUT2D eigenvalue weighted by Gasteiger charge is 2.43. The summed E-state index contributed by atoms with van der Waals surface area (Å²) in [6.07, 6.45) is 3.01. The van der Waals surface area contributed by atoms with Crippen molar-refractivity contribution in [3.8, 4) is 5.75 Å². The number of hydrogen-bond donors (Lipinski definition) is 4. The van der Waals surface area contributed by atoms with Gasteiger partial charge in [-0.1, -0.05) is 6.07 Å². The fourth-order valence-corrected chi connectivity index (χ4v) is 5.23. The fourth-order valence-electron chi connectivity index (χ4n) is 4.46. The number of carbonyl (C=O) groups is 1. The standard InChI is InChI=1S/C23H31N5O7S/c1-24-36(32,33)19-4-2-3-18(11-19)34-15-17(29)13-26-16-12-23(35-14-16)6-9-28(10-7-23)22-25-8-5-20(27-22)21(30)31/h2-5,8,11,16-17,24,26,29H,6-7,9-10,12-15H2,1H3,(H,30,31). The van der Waals surface area contributed by atoms with Gasteiger partial charge in [0.05, 0.1) is 17.1 Å². The molecule has 2 unspecified atom stereocenters. The number of aliphatic hydroxyl groups excluding tert-OH is 1. The van der Waals surface area contributed by atoms with Crippen LogP contribution >= 0.6 is 0 Å². The second kappa shape index (κ2) is 11.0. The number of carboxylic acid groups (broad SMARTS) is 1. The summed E-state index contributed by atoms with van der Waals surface area (Å²) < 4.78 is 37.9. The summed E-state index contributed by atoms with van der Waals surface area (Å²) in [6.45, 7) is 2.17. The van der Waals surface area contributed by atoms with Crippen LogP contribution < -0.4 is 19.7 Å². The maximum atomic E-state index is 11.9. The van der Waals surface area contributed by atoms with Gasteiger partial charge >= 0.3 is 5.97 Å². The van der Waals surface area contributed by atoms with Gasteiger partial charge in [-0.25, -0.2) is 27.9 Å². The Balaban J connectivity index is 1.21. The second-order valence-corrected chi connectivity index (χ2v) is 10.9. The Labute approximate surface area is 209 Å². The predicted molar refractivity (Wildman–Crippen MR) is 130 cm³/mol. The molecule has 1 aromatic heterocycles. The number of benzene rings is 1. The molecule has 1 spiro atoms. The summed E-state index contributed by atoms with van der Waals surface area (Å²) in [4.78, 5) is 21.6. The topological polar surface area (TPSA) is 163 Å². The smallest absolute Gasteiger partial charge is 0.354 e. The molecular weight excluding hydrogens is 490 g/mol. The third kappa shape index (κ3) is 6.28. The van der Waals surface area contributed by atoms with Gasteiger partial charge in [0, 0.05) is 37.9 Å². The van der Waals surface area contributed by atoms with Gasteiger partial charge in [0.1, 0.15) is 18.5 Å². The summed E-state index contributed by atoms with van der Waals surface area (Å²) in [5.74, 6) is -0.309. The van der Waals surface area contributed by atoms with Crippen molar-refractivity contribution in [2.75, 3.05) is 44.8 Å². The first-order valence-electron chi connectivity index (χ1n) is 11.7. The third-order valence-electron chi connectivity index (χ3n) is 6.50. The van der Waals surface area contributed by atoms with E-state index in [4.69, 9.17) is 14.6 Å². The number of sulfonamides is 1. The molecule has 196 valence electrons. The highest BCUT2D eigenvalue weighted by Crippen LogP contribution is 2.36. The minimum atomic E-state index is -3.57. The van der Waals surface area contributed by atoms with Crippen molar-refractivity contribution in [3.63, 3.8) is 0 Å². The molecule has 0 bridgehead atoms. The molecule has 2 fully saturated rings. The van der Waals surface area contributed by atoms with E-state index in [1.54, 1.807) is 12.1 Å². The number of aliphatic hydroxyl groups is 1. The molecule has 0 radical (unpaired) electrons. The van der Waals surface area contributed by atoms with Gasteiger partial charge in [0.25, 0.3) is 0 Å². The molecule has 0 amide bonds. The minimum absolute atomic E-state index is 0.0130. The number of carboxylic acids is 1. The first-order valence-corrected chi connectivity index (χ1v) is 13.2. The van der Waals surface area contributed by atoms with Crippen molar-refractivity contribution < 1.29 is 32.9 Å². The molecule has 13 heteroatoms. The molecular formula is C23H31N5O7S. The first kappa shape index (κ1) is 26.2. The van der Waals surface area contributed by atoms with E-state index in [1.165, 1.54) is 31.4 Å². The van der Waals surface area contributed by atoms with Crippen molar-refractivity contribution in [2.24, 2.45) is 0 Å². The lowest BCUT2D eigenvalue weighted by Gasteiger charge is -2.38. The largest absolute Gasteiger partial charge is 0.491 e. The Morgan fingerprint density at radius 2 is 2.11 bits per heavy atom. The molecule has 4 rings (SSSR count). The number of aromatic nitrogens is 2. The zero-order valence-corrected chi connectivity index (χ0v) is 20.8. The van der Waals surface area contributed by atoms with Gasteiger partial charge in [-0.15, -0.1) is 0 Å². The molecule has 2 saturated heterocycles. The SMILES string of the molecule is CNS(=O)(=O)c1cccc(OCC(O)CNC2COC3(CCN(c4nccc(C(=O)O)n4)CC3)C2)c1. The molecule has 2 atom stereocenters. The molecule has 4 N–H and O–H groups in total. The normalized spacial score (nSPS) is 20.4. The number of piperidine rings is 1. The summed E-state index contributed by atoms with van der Waals surface area (Å²) in [6, 6.07) is 7.56. The Kier molecular flexibility index (Phi) is 8.05. The maximum Gasteiger partial charge on any atom is 0.354 e. The van der Waals surface area contributed by atoms with Crippen LogP contribution in [0.25, 0.3) is 0 Å². The van der Waals surface area contributed by atoms with E-state index in [1.807, 2.05) is 4.90 Å². The van der Waals surface area contributed by atoms with E-state index >= 15 is 0 Å². The lowest BCUT2D eigenvalue weighted by molar-refractivity contribution is -0.0152. The zero-order chi connectivity index (χ0) is 25.8. The van der Waals surface area contributed by atoms with Gasteiger partial charge in [0.15, 0.2) is 5.69 Å². The van der Waals surface area contributed by atoms with E-state index in [0.29, 0.717) is 37.9 Å². The molecule has 2 aliphatic rings. The van der Waals surface area contributed by atoms with Crippen LogP contribution in [0, 0.1) is 0 Å². The molecule has 0 saturated carbocycles. The van der Waals surface area contributed by atoms with Gasteiger partial charge in [-0.2, -0.15) is 0 Å². The number of aromatic carboxylic acids is 1. The van der Waals surface area contributed by atoms with E-state index in [9.17, 15) is 18.3 Å². The lowest BCUT2D eigenvalue weighted by Crippen LogP contribution is -2.46. The van der Waals surface area contributed by atoms with Gasteiger partial charge in [-0.3, -0.25) is 0 Å². The maximum absolute atomic E-state index is 11.9. The highest BCUT2D eigenvalue weighted by molar-refractivity contribution is 7.89. The van der Waals surface area contributed by atoms with Crippen molar-refractivity contribution in [2.45, 2.75) is 41.9 Å². The number of anilines is 1. The fraction of sp³-hybridized carbons (Fsp3) is 0.522. The zero-order valence-electron chi connectivity index (χ0n) is 20.0. The number of hydrogen-bond acceptors (Lipinski definition) is 10. The van der Waals surface area contributed by atoms with Crippen LogP contribution in [0.1, 0.15) is 29.8 Å². The summed E-state index contributed by atoms with van der Waals surface area (Å²) in [7, 11) is -2.23. The Morgan fingerprint density at radius 3 is 2.83 bits per heavy atom. The molecule has 0 aliphatic carbocycles.